The van der Waals surface area contributed by atoms with Gasteiger partial charge in [0.05, 0.1) is 12.5 Å². The lowest BCUT2D eigenvalue weighted by Crippen LogP contribution is -2.50. The number of halogens is 2. The summed E-state index contributed by atoms with van der Waals surface area (Å²) in [7, 11) is 1.60. The van der Waals surface area contributed by atoms with Gasteiger partial charge in [0, 0.05) is 21.0 Å². The van der Waals surface area contributed by atoms with Crippen LogP contribution >= 0.6 is 27.7 Å². The van der Waals surface area contributed by atoms with Crippen LogP contribution < -0.4 is 20.6 Å². The Kier molecular flexibility index (Phi) is 5.90. The molecule has 1 amide bonds. The third-order valence-electron chi connectivity index (χ3n) is 5.32. The summed E-state index contributed by atoms with van der Waals surface area (Å²) in [6.07, 6.45) is -0.588. The standard InChI is InChI=1S/C24H18BrFN4O2S/c1-32-15-10-11-18(25)17(12-15)22-27-20-9-5-3-7-16(20)21-23(31)28-24(29-30(21)22)33-13-14-6-2-4-8-19(14)26/h2-12,22H,13H2,1H3,(H,28,29,31)/t22-/m1/s1. The molecule has 33 heavy (non-hydrogen) atoms. The van der Waals surface area contributed by atoms with Crippen LogP contribution in [0.3, 0.4) is 0 Å². The first-order valence-electron chi connectivity index (χ1n) is 10.1. The Morgan fingerprint density at radius 3 is 2.76 bits per heavy atom. The number of thioether (sulfide) groups is 1. The number of amides is 1. The molecule has 1 atom stereocenters. The molecule has 0 saturated heterocycles. The Labute approximate surface area is 202 Å². The number of methoxy groups -OCH3 is 1. The summed E-state index contributed by atoms with van der Waals surface area (Å²) in [6.45, 7) is 0. The number of hydrogen-bond acceptors (Lipinski definition) is 6. The Balaban J connectivity index is 1.60. The second-order valence-electron chi connectivity index (χ2n) is 7.34. The maximum absolute atomic E-state index is 14.1. The first kappa shape index (κ1) is 21.7. The third kappa shape index (κ3) is 4.14. The number of fused-ring (bicyclic) bond motifs is 2. The van der Waals surface area contributed by atoms with Crippen molar-refractivity contribution in [3.8, 4) is 5.75 Å². The molecule has 2 aliphatic heterocycles. The zero-order valence-corrected chi connectivity index (χ0v) is 19.9. The van der Waals surface area contributed by atoms with Gasteiger partial charge in [-0.15, -0.1) is 5.10 Å². The monoisotopic (exact) mass is 524 g/mol. The molecule has 0 spiro atoms. The maximum Gasteiger partial charge on any atom is 0.276 e. The number of rotatable bonds is 4. The molecule has 2 aliphatic rings. The zero-order valence-electron chi connectivity index (χ0n) is 17.5. The van der Waals surface area contributed by atoms with E-state index in [0.717, 1.165) is 10.0 Å². The highest BCUT2D eigenvalue weighted by molar-refractivity contribution is 9.10. The van der Waals surface area contributed by atoms with Crippen molar-refractivity contribution < 1.29 is 13.9 Å². The van der Waals surface area contributed by atoms with Crippen LogP contribution in [0.25, 0.3) is 5.70 Å². The number of nitrogens with one attached hydrogen (secondary N) is 1. The molecule has 0 unspecified atom stereocenters. The quantitative estimate of drug-likeness (QED) is 0.565. The highest BCUT2D eigenvalue weighted by Crippen LogP contribution is 2.36. The number of carbonyl (C=O) groups excluding carboxylic acids is 1. The Hall–Kier alpha value is -3.17. The van der Waals surface area contributed by atoms with Gasteiger partial charge in [-0.05, 0) is 35.9 Å². The van der Waals surface area contributed by atoms with Crippen molar-refractivity contribution >= 4 is 44.5 Å². The molecule has 5 rings (SSSR count). The van der Waals surface area contributed by atoms with Crippen LogP contribution in [0.4, 0.5) is 4.39 Å². The molecule has 0 radical (unpaired) electrons. The van der Waals surface area contributed by atoms with Gasteiger partial charge in [-0.25, -0.2) is 9.40 Å². The summed E-state index contributed by atoms with van der Waals surface area (Å²) in [4.78, 5) is 18.1. The van der Waals surface area contributed by atoms with Gasteiger partial charge >= 0.3 is 0 Å². The first-order valence-corrected chi connectivity index (χ1v) is 11.9. The van der Waals surface area contributed by atoms with Crippen molar-refractivity contribution in [1.82, 2.24) is 10.3 Å². The molecule has 0 fully saturated rings. The smallest absolute Gasteiger partial charge is 0.276 e. The number of benzene rings is 3. The van der Waals surface area contributed by atoms with Gasteiger partial charge in [-0.2, -0.15) is 0 Å². The van der Waals surface area contributed by atoms with E-state index < -0.39 is 6.17 Å². The summed E-state index contributed by atoms with van der Waals surface area (Å²) >= 11 is 4.86. The lowest BCUT2D eigenvalue weighted by atomic mass is 10.1. The number of amidine groups is 1. The minimum atomic E-state index is -0.588. The second-order valence-corrected chi connectivity index (χ2v) is 9.16. The molecule has 0 aromatic heterocycles. The minimum absolute atomic E-state index is 0.285. The van der Waals surface area contributed by atoms with Crippen LogP contribution in [0.1, 0.15) is 17.3 Å². The number of ether oxygens (including phenoxy) is 1. The molecule has 3 aromatic carbocycles. The first-order chi connectivity index (χ1) is 16.0. The van der Waals surface area contributed by atoms with Crippen molar-refractivity contribution in [2.75, 3.05) is 7.11 Å². The molecule has 6 nitrogen and oxygen atoms in total. The maximum atomic E-state index is 14.1. The van der Waals surface area contributed by atoms with E-state index in [2.05, 4.69) is 21.2 Å². The summed E-state index contributed by atoms with van der Waals surface area (Å²) in [5.41, 5.74) is 1.75. The van der Waals surface area contributed by atoms with Crippen LogP contribution in [-0.4, -0.2) is 23.2 Å². The van der Waals surface area contributed by atoms with E-state index in [4.69, 9.17) is 14.8 Å². The lowest BCUT2D eigenvalue weighted by molar-refractivity contribution is -0.116. The summed E-state index contributed by atoms with van der Waals surface area (Å²) in [5.74, 6) is 0.423. The molecular formula is C24H18BrFN4O2S. The average molecular weight is 525 g/mol. The fraction of sp³-hybridized carbons (Fsp3) is 0.125. The normalized spacial score (nSPS) is 16.9. The van der Waals surface area contributed by atoms with Crippen LogP contribution in [0.2, 0.25) is 0 Å². The summed E-state index contributed by atoms with van der Waals surface area (Å²) in [5, 5.41) is 11.0. The number of hydrazone groups is 1. The van der Waals surface area contributed by atoms with Crippen molar-refractivity contribution in [1.29, 1.82) is 0 Å². The van der Waals surface area contributed by atoms with E-state index >= 15 is 0 Å². The van der Waals surface area contributed by atoms with Crippen LogP contribution in [0.5, 0.6) is 5.75 Å². The molecule has 1 N–H and O–H groups in total. The fourth-order valence-corrected chi connectivity index (χ4v) is 4.99. The number of carbonyl (C=O) groups is 1. The molecule has 0 aliphatic carbocycles. The Bertz CT molecular complexity index is 1410. The van der Waals surface area contributed by atoms with Gasteiger partial charge in [-0.3, -0.25) is 15.1 Å². The van der Waals surface area contributed by atoms with Gasteiger partial charge in [0.2, 0.25) is 0 Å². The number of nitrogens with zero attached hydrogens (tertiary/aromatic N) is 3. The van der Waals surface area contributed by atoms with Crippen molar-refractivity contribution in [2.45, 2.75) is 11.9 Å². The highest BCUT2D eigenvalue weighted by atomic mass is 79.9. The molecule has 3 aromatic rings. The van der Waals surface area contributed by atoms with E-state index in [-0.39, 0.29) is 11.7 Å². The van der Waals surface area contributed by atoms with Gasteiger partial charge in [0.25, 0.3) is 5.91 Å². The number of hydrogen-bond donors (Lipinski definition) is 1. The van der Waals surface area contributed by atoms with Crippen molar-refractivity contribution in [3.63, 3.8) is 0 Å². The molecule has 2 heterocycles. The predicted molar refractivity (Wildman–Crippen MR) is 129 cm³/mol. The fourth-order valence-electron chi connectivity index (χ4n) is 3.70. The van der Waals surface area contributed by atoms with Crippen molar-refractivity contribution in [3.05, 3.63) is 98.7 Å². The van der Waals surface area contributed by atoms with E-state index in [0.29, 0.717) is 38.5 Å². The van der Waals surface area contributed by atoms with Gasteiger partial charge in [-0.1, -0.05) is 64.1 Å². The van der Waals surface area contributed by atoms with E-state index in [1.807, 2.05) is 42.5 Å². The zero-order chi connectivity index (χ0) is 22.9. The van der Waals surface area contributed by atoms with Gasteiger partial charge in [0.1, 0.15) is 17.3 Å². The van der Waals surface area contributed by atoms with Crippen LogP contribution in [0, 0.1) is 5.82 Å². The highest BCUT2D eigenvalue weighted by Gasteiger charge is 2.35. The second kappa shape index (κ2) is 8.99. The van der Waals surface area contributed by atoms with E-state index in [9.17, 15) is 9.18 Å². The molecule has 9 heteroatoms. The van der Waals surface area contributed by atoms with E-state index in [1.54, 1.807) is 30.3 Å². The predicted octanol–water partition coefficient (Wildman–Crippen LogP) is 3.67. The minimum Gasteiger partial charge on any atom is -0.497 e. The molecule has 166 valence electrons. The topological polar surface area (TPSA) is 66.3 Å². The summed E-state index contributed by atoms with van der Waals surface area (Å²) < 4.78 is 20.3. The van der Waals surface area contributed by atoms with Crippen LogP contribution in [-0.2, 0) is 10.5 Å². The Morgan fingerprint density at radius 1 is 1.15 bits per heavy atom. The van der Waals surface area contributed by atoms with Gasteiger partial charge in [0.15, 0.2) is 11.3 Å². The molecule has 0 saturated carbocycles. The van der Waals surface area contributed by atoms with E-state index in [1.165, 1.54) is 17.8 Å². The largest absolute Gasteiger partial charge is 0.497 e. The number of para-hydroxylation sites is 1. The average Bonchev–Trinajstić information content (AvgIpc) is 2.83. The Morgan fingerprint density at radius 2 is 1.94 bits per heavy atom. The molecular weight excluding hydrogens is 507 g/mol. The third-order valence-corrected chi connectivity index (χ3v) is 6.95. The van der Waals surface area contributed by atoms with Crippen molar-refractivity contribution in [2.24, 2.45) is 10.1 Å². The van der Waals surface area contributed by atoms with Crippen LogP contribution in [0.15, 0.2) is 81.3 Å². The van der Waals surface area contributed by atoms with Gasteiger partial charge < -0.3 is 4.74 Å². The summed E-state index contributed by atoms with van der Waals surface area (Å²) in [6, 6.07) is 19.6. The lowest BCUT2D eigenvalue weighted by Gasteiger charge is -2.34. The molecule has 0 bridgehead atoms. The SMILES string of the molecule is COc1ccc(Br)c([C@@H]2N=c3ccccc3=C3C(=O)NC(SCc4ccccc4F)=NN32)c1.